The zero-order chi connectivity index (χ0) is 12.3. The van der Waals surface area contributed by atoms with E-state index in [9.17, 15) is 4.79 Å². The predicted molar refractivity (Wildman–Crippen MR) is 65.3 cm³/mol. The number of hydrogen-bond acceptors (Lipinski definition) is 2. The van der Waals surface area contributed by atoms with Gasteiger partial charge in [-0.2, -0.15) is 0 Å². The Balaban J connectivity index is 1.94. The summed E-state index contributed by atoms with van der Waals surface area (Å²) in [4.78, 5) is 14.9. The average Bonchev–Trinajstić information content (AvgIpc) is 2.87. The molecule has 96 valence electrons. The van der Waals surface area contributed by atoms with Gasteiger partial charge in [-0.3, -0.25) is 4.79 Å². The third-order valence-corrected chi connectivity index (χ3v) is 5.08. The number of hydrogen-bond donors (Lipinski definition) is 0. The molecule has 2 saturated heterocycles. The second kappa shape index (κ2) is 3.47. The summed E-state index contributed by atoms with van der Waals surface area (Å²) in [5.74, 6) is 0.867. The Hall–Kier alpha value is -0.570. The summed E-state index contributed by atoms with van der Waals surface area (Å²) in [7, 11) is 0. The first kappa shape index (κ1) is 11.5. The van der Waals surface area contributed by atoms with Gasteiger partial charge in [0, 0.05) is 6.42 Å². The first-order valence-corrected chi connectivity index (χ1v) is 6.96. The van der Waals surface area contributed by atoms with Crippen LogP contribution in [0.15, 0.2) is 0 Å². The molecule has 0 bridgehead atoms. The molecular formula is C14H23NO2. The highest BCUT2D eigenvalue weighted by molar-refractivity contribution is 5.87. The van der Waals surface area contributed by atoms with E-state index in [0.29, 0.717) is 11.8 Å². The summed E-state index contributed by atoms with van der Waals surface area (Å²) >= 11 is 0. The molecule has 0 unspecified atom stereocenters. The van der Waals surface area contributed by atoms with Gasteiger partial charge in [-0.05, 0) is 25.7 Å². The van der Waals surface area contributed by atoms with Crippen LogP contribution < -0.4 is 0 Å². The van der Waals surface area contributed by atoms with Crippen LogP contribution in [0.2, 0.25) is 0 Å². The fourth-order valence-electron chi connectivity index (χ4n) is 4.15. The van der Waals surface area contributed by atoms with Gasteiger partial charge in [0.15, 0.2) is 0 Å². The van der Waals surface area contributed by atoms with Gasteiger partial charge in [0.25, 0.3) is 0 Å². The van der Waals surface area contributed by atoms with Crippen molar-refractivity contribution in [2.75, 3.05) is 6.61 Å². The lowest BCUT2D eigenvalue weighted by molar-refractivity contribution is -0.142. The Kier molecular flexibility index (Phi) is 2.35. The Morgan fingerprint density at radius 1 is 1.35 bits per heavy atom. The van der Waals surface area contributed by atoms with Crippen molar-refractivity contribution in [2.45, 2.75) is 64.6 Å². The van der Waals surface area contributed by atoms with E-state index in [1.165, 1.54) is 12.8 Å². The average molecular weight is 237 g/mol. The molecular weight excluding hydrogens is 214 g/mol. The normalized spacial score (nSPS) is 39.6. The number of amides is 1. The Morgan fingerprint density at radius 3 is 2.59 bits per heavy atom. The number of carbonyl (C=O) groups excluding carboxylic acids is 1. The molecule has 3 fully saturated rings. The van der Waals surface area contributed by atoms with Gasteiger partial charge in [-0.15, -0.1) is 0 Å². The molecule has 0 aromatic rings. The van der Waals surface area contributed by atoms with Crippen LogP contribution in [-0.4, -0.2) is 29.2 Å². The molecule has 3 heteroatoms. The first-order chi connectivity index (χ1) is 7.99. The van der Waals surface area contributed by atoms with E-state index in [2.05, 4.69) is 25.7 Å². The highest BCUT2D eigenvalue weighted by Crippen LogP contribution is 2.55. The monoisotopic (exact) mass is 237 g/mol. The molecule has 2 heterocycles. The Bertz CT molecular complexity index is 346. The van der Waals surface area contributed by atoms with Gasteiger partial charge in [0.05, 0.1) is 18.1 Å². The number of nitrogens with zero attached hydrogens (tertiary/aromatic N) is 1. The minimum Gasteiger partial charge on any atom is -0.354 e. The maximum atomic E-state index is 12.8. The lowest BCUT2D eigenvalue weighted by Gasteiger charge is -2.31. The third-order valence-electron chi connectivity index (χ3n) is 5.08. The summed E-state index contributed by atoms with van der Waals surface area (Å²) in [5.41, 5.74) is -0.376. The second-order valence-electron chi connectivity index (χ2n) is 6.64. The second-order valence-corrected chi connectivity index (χ2v) is 6.64. The fourth-order valence-corrected chi connectivity index (χ4v) is 4.15. The molecule has 0 aromatic carbocycles. The van der Waals surface area contributed by atoms with Crippen LogP contribution in [0.4, 0.5) is 0 Å². The van der Waals surface area contributed by atoms with Crippen molar-refractivity contribution >= 4 is 5.91 Å². The summed E-state index contributed by atoms with van der Waals surface area (Å²) in [6, 6.07) is 0.285. The standard InChI is InChI=1S/C14H23NO2/c1-10(2)11-8-17-13(3)9-14(6-4-5-7-14)12(16)15(11)13/h10-11H,4-9H2,1-3H3/t11-,13-/m1/s1. The van der Waals surface area contributed by atoms with Gasteiger partial charge in [-0.1, -0.05) is 26.7 Å². The van der Waals surface area contributed by atoms with Crippen LogP contribution in [-0.2, 0) is 9.53 Å². The van der Waals surface area contributed by atoms with Crippen molar-refractivity contribution in [1.29, 1.82) is 0 Å². The van der Waals surface area contributed by atoms with E-state index in [0.717, 1.165) is 25.9 Å². The topological polar surface area (TPSA) is 29.5 Å². The van der Waals surface area contributed by atoms with E-state index < -0.39 is 0 Å². The molecule has 17 heavy (non-hydrogen) atoms. The van der Waals surface area contributed by atoms with Crippen LogP contribution in [0.25, 0.3) is 0 Å². The fraction of sp³-hybridized carbons (Fsp3) is 0.929. The molecule has 1 amide bonds. The van der Waals surface area contributed by atoms with Crippen LogP contribution in [0.3, 0.4) is 0 Å². The molecule has 3 aliphatic rings. The zero-order valence-corrected chi connectivity index (χ0v) is 11.2. The lowest BCUT2D eigenvalue weighted by atomic mass is 9.82. The molecule has 0 N–H and O–H groups in total. The maximum absolute atomic E-state index is 12.8. The first-order valence-electron chi connectivity index (χ1n) is 6.96. The molecule has 3 nitrogen and oxygen atoms in total. The SMILES string of the molecule is CC(C)[C@H]1CO[C@]2(C)CC3(CCCC3)C(=O)N12. The van der Waals surface area contributed by atoms with Gasteiger partial charge >= 0.3 is 0 Å². The minimum atomic E-state index is -0.309. The third kappa shape index (κ3) is 1.41. The van der Waals surface area contributed by atoms with Crippen LogP contribution >= 0.6 is 0 Å². The van der Waals surface area contributed by atoms with E-state index in [1.54, 1.807) is 0 Å². The van der Waals surface area contributed by atoms with Gasteiger partial charge in [0.2, 0.25) is 5.91 Å². The lowest BCUT2D eigenvalue weighted by Crippen LogP contribution is -2.46. The van der Waals surface area contributed by atoms with Gasteiger partial charge in [0.1, 0.15) is 5.72 Å². The van der Waals surface area contributed by atoms with E-state index in [4.69, 9.17) is 4.74 Å². The van der Waals surface area contributed by atoms with Crippen molar-refractivity contribution in [3.8, 4) is 0 Å². The summed E-state index contributed by atoms with van der Waals surface area (Å²) in [5, 5.41) is 0. The molecule has 1 aliphatic carbocycles. The van der Waals surface area contributed by atoms with Crippen LogP contribution in [0.1, 0.15) is 52.9 Å². The van der Waals surface area contributed by atoms with Crippen LogP contribution in [0, 0.1) is 11.3 Å². The van der Waals surface area contributed by atoms with Gasteiger partial charge < -0.3 is 9.64 Å². The summed E-state index contributed by atoms with van der Waals surface area (Å²) < 4.78 is 6.00. The zero-order valence-electron chi connectivity index (χ0n) is 11.2. The largest absolute Gasteiger partial charge is 0.354 e. The molecule has 1 spiro atoms. The van der Waals surface area contributed by atoms with E-state index >= 15 is 0 Å². The van der Waals surface area contributed by atoms with Crippen molar-refractivity contribution < 1.29 is 9.53 Å². The van der Waals surface area contributed by atoms with E-state index in [1.807, 2.05) is 0 Å². The minimum absolute atomic E-state index is 0.0672. The predicted octanol–water partition coefficient (Wildman–Crippen LogP) is 2.55. The molecule has 1 saturated carbocycles. The van der Waals surface area contributed by atoms with E-state index in [-0.39, 0.29) is 17.2 Å². The van der Waals surface area contributed by atoms with Crippen molar-refractivity contribution in [2.24, 2.45) is 11.3 Å². The highest BCUT2D eigenvalue weighted by Gasteiger charge is 2.63. The smallest absolute Gasteiger partial charge is 0.231 e. The Morgan fingerprint density at radius 2 is 2.00 bits per heavy atom. The van der Waals surface area contributed by atoms with Crippen molar-refractivity contribution in [3.63, 3.8) is 0 Å². The summed E-state index contributed by atoms with van der Waals surface area (Å²) in [6.45, 7) is 7.20. The van der Waals surface area contributed by atoms with Crippen molar-refractivity contribution in [3.05, 3.63) is 0 Å². The van der Waals surface area contributed by atoms with Gasteiger partial charge in [-0.25, -0.2) is 0 Å². The molecule has 2 atom stereocenters. The number of carbonyl (C=O) groups is 1. The quantitative estimate of drug-likeness (QED) is 0.701. The molecule has 0 aromatic heterocycles. The molecule has 3 rings (SSSR count). The highest BCUT2D eigenvalue weighted by atomic mass is 16.5. The number of rotatable bonds is 1. The van der Waals surface area contributed by atoms with Crippen molar-refractivity contribution in [1.82, 2.24) is 4.90 Å². The maximum Gasteiger partial charge on any atom is 0.231 e. The Labute approximate surface area is 104 Å². The number of fused-ring (bicyclic) bond motifs is 1. The summed E-state index contributed by atoms with van der Waals surface area (Å²) in [6.07, 6.45) is 5.49. The number of ether oxygens (including phenoxy) is 1. The van der Waals surface area contributed by atoms with Crippen LogP contribution in [0.5, 0.6) is 0 Å². The molecule has 2 aliphatic heterocycles. The molecule has 0 radical (unpaired) electrons.